The highest BCUT2D eigenvalue weighted by Gasteiger charge is 2.39. The minimum Gasteiger partial charge on any atom is -0.456 e. The van der Waals surface area contributed by atoms with Crippen LogP contribution in [0.25, 0.3) is 5.82 Å². The zero-order valence-electron chi connectivity index (χ0n) is 18.6. The number of hydrogen-bond donors (Lipinski definition) is 1. The van der Waals surface area contributed by atoms with E-state index in [1.807, 2.05) is 6.07 Å². The molecule has 2 aromatic rings. The van der Waals surface area contributed by atoms with Crippen molar-refractivity contribution in [2.75, 3.05) is 6.61 Å². The summed E-state index contributed by atoms with van der Waals surface area (Å²) in [7, 11) is 0. The van der Waals surface area contributed by atoms with Crippen LogP contribution in [0.4, 0.5) is 4.48 Å². The molecule has 12 heteroatoms. The first kappa shape index (κ1) is 22.9. The van der Waals surface area contributed by atoms with E-state index in [1.54, 1.807) is 19.9 Å². The van der Waals surface area contributed by atoms with Crippen LogP contribution >= 0.6 is 0 Å². The van der Waals surface area contributed by atoms with Crippen molar-refractivity contribution < 1.29 is 18.8 Å². The monoisotopic (exact) mass is 458 g/mol. The van der Waals surface area contributed by atoms with E-state index in [0.29, 0.717) is 36.7 Å². The van der Waals surface area contributed by atoms with Crippen molar-refractivity contribution >= 4 is 12.3 Å². The molecule has 1 atom stereocenters. The number of aldehydes is 1. The summed E-state index contributed by atoms with van der Waals surface area (Å²) < 4.78 is 21.2. The van der Waals surface area contributed by atoms with Crippen molar-refractivity contribution in [1.29, 1.82) is 0 Å². The van der Waals surface area contributed by atoms with Crippen molar-refractivity contribution in [2.45, 2.75) is 64.6 Å². The Balaban J connectivity index is 1.27. The van der Waals surface area contributed by atoms with Crippen molar-refractivity contribution in [3.8, 4) is 5.82 Å². The van der Waals surface area contributed by atoms with Gasteiger partial charge in [-0.2, -0.15) is 9.78 Å². The fraction of sp³-hybridized carbons (Fsp3) is 0.571. The number of halogens is 1. The van der Waals surface area contributed by atoms with Crippen molar-refractivity contribution in [3.05, 3.63) is 35.4 Å². The number of nitrogens with one attached hydrogen (secondary N) is 1. The third-order valence-corrected chi connectivity index (χ3v) is 6.52. The van der Waals surface area contributed by atoms with Gasteiger partial charge in [-0.25, -0.2) is 9.92 Å². The first-order valence-electron chi connectivity index (χ1n) is 11.0. The van der Waals surface area contributed by atoms with Gasteiger partial charge in [-0.1, -0.05) is 4.48 Å². The zero-order valence-corrected chi connectivity index (χ0v) is 18.6. The van der Waals surface area contributed by atoms with Crippen molar-refractivity contribution in [3.63, 3.8) is 0 Å². The molecule has 2 aromatic heterocycles. The van der Waals surface area contributed by atoms with E-state index in [9.17, 15) is 14.1 Å². The molecule has 11 nitrogen and oxygen atoms in total. The SMILES string of the molecule is CC1=C(N(F)[C@H](C)CC2(C=O)CCC(NCc3ccc(-n4cnnn4)nn3)CC2)COC1=O. The molecule has 176 valence electrons. The molecule has 1 saturated carbocycles. The molecular weight excluding hydrogens is 431 g/mol. The highest BCUT2D eigenvalue weighted by molar-refractivity contribution is 5.90. The van der Waals surface area contributed by atoms with Crippen LogP contribution in [0.5, 0.6) is 0 Å². The normalized spacial score (nSPS) is 24.0. The predicted octanol–water partition coefficient (Wildman–Crippen LogP) is 1.47. The van der Waals surface area contributed by atoms with Gasteiger partial charge in [0.1, 0.15) is 19.2 Å². The van der Waals surface area contributed by atoms with Gasteiger partial charge in [0.15, 0.2) is 5.82 Å². The van der Waals surface area contributed by atoms with Crippen LogP contribution in [0.2, 0.25) is 0 Å². The van der Waals surface area contributed by atoms with Gasteiger partial charge < -0.3 is 14.8 Å². The van der Waals surface area contributed by atoms with E-state index in [2.05, 4.69) is 31.0 Å². The molecule has 4 rings (SSSR count). The second-order valence-corrected chi connectivity index (χ2v) is 8.78. The average molecular weight is 458 g/mol. The molecule has 3 heterocycles. The van der Waals surface area contributed by atoms with E-state index in [0.717, 1.165) is 24.8 Å². The summed E-state index contributed by atoms with van der Waals surface area (Å²) in [5.41, 5.74) is 0.744. The Morgan fingerprint density at radius 3 is 2.73 bits per heavy atom. The Morgan fingerprint density at radius 1 is 1.36 bits per heavy atom. The quantitative estimate of drug-likeness (QED) is 0.335. The smallest absolute Gasteiger partial charge is 0.336 e. The van der Waals surface area contributed by atoms with Gasteiger partial charge >= 0.3 is 5.97 Å². The summed E-state index contributed by atoms with van der Waals surface area (Å²) in [6.07, 6.45) is 5.76. The number of hydrogen-bond acceptors (Lipinski definition) is 10. The summed E-state index contributed by atoms with van der Waals surface area (Å²) >= 11 is 0. The molecule has 1 N–H and O–H groups in total. The zero-order chi connectivity index (χ0) is 23.4. The fourth-order valence-electron chi connectivity index (χ4n) is 4.48. The van der Waals surface area contributed by atoms with Crippen LogP contribution in [-0.4, -0.2) is 66.5 Å². The molecule has 33 heavy (non-hydrogen) atoms. The molecule has 0 bridgehead atoms. The Bertz CT molecular complexity index is 1000. The first-order chi connectivity index (χ1) is 15.9. The number of carbonyl (C=O) groups is 2. The second-order valence-electron chi connectivity index (χ2n) is 8.78. The average Bonchev–Trinajstić information content (AvgIpc) is 3.49. The molecule has 0 amide bonds. The molecule has 0 spiro atoms. The molecule has 1 fully saturated rings. The number of carbonyl (C=O) groups excluding carboxylic acids is 2. The lowest BCUT2D eigenvalue weighted by Crippen LogP contribution is -2.41. The lowest BCUT2D eigenvalue weighted by molar-refractivity contribution is -0.136. The highest BCUT2D eigenvalue weighted by Crippen LogP contribution is 2.40. The van der Waals surface area contributed by atoms with Gasteiger partial charge in [-0.15, -0.1) is 10.2 Å². The standard InChI is InChI=1S/C21H27FN8O3/c1-14(30(22)18-11-33-20(32)15(18)2)9-21(12-31)7-5-16(6-8-21)23-10-17-3-4-19(26-25-17)29-13-24-27-28-29/h3-4,12-14,16,23H,5-11H2,1-2H3/t14-,16?,21?/m1/s1. The number of ether oxygens (including phenoxy) is 1. The van der Waals surface area contributed by atoms with E-state index in [-0.39, 0.29) is 23.9 Å². The number of rotatable bonds is 9. The number of esters is 1. The second kappa shape index (κ2) is 9.69. The molecule has 0 radical (unpaired) electrons. The van der Waals surface area contributed by atoms with Gasteiger partial charge in [0.25, 0.3) is 0 Å². The molecule has 2 aliphatic rings. The van der Waals surface area contributed by atoms with Crippen LogP contribution in [0, 0.1) is 5.41 Å². The highest BCUT2D eigenvalue weighted by atomic mass is 19.2. The molecule has 0 aromatic carbocycles. The van der Waals surface area contributed by atoms with Crippen LogP contribution in [0.3, 0.4) is 0 Å². The lowest BCUT2D eigenvalue weighted by atomic mass is 9.70. The lowest BCUT2D eigenvalue weighted by Gasteiger charge is -2.39. The Kier molecular flexibility index (Phi) is 6.72. The summed E-state index contributed by atoms with van der Waals surface area (Å²) in [6, 6.07) is 3.36. The first-order valence-corrected chi connectivity index (χ1v) is 11.0. The largest absolute Gasteiger partial charge is 0.456 e. The summed E-state index contributed by atoms with van der Waals surface area (Å²) in [4.78, 5) is 23.5. The Morgan fingerprint density at radius 2 is 2.15 bits per heavy atom. The molecule has 1 aliphatic carbocycles. The predicted molar refractivity (Wildman–Crippen MR) is 113 cm³/mol. The summed E-state index contributed by atoms with van der Waals surface area (Å²) in [5, 5.41) is 23.3. The maximum atomic E-state index is 14.9. The topological polar surface area (TPSA) is 128 Å². The molecule has 0 unspecified atom stereocenters. The van der Waals surface area contributed by atoms with Crippen LogP contribution < -0.4 is 5.32 Å². The third kappa shape index (κ3) is 5.05. The number of cyclic esters (lactones) is 1. The van der Waals surface area contributed by atoms with E-state index < -0.39 is 17.4 Å². The van der Waals surface area contributed by atoms with Gasteiger partial charge in [0, 0.05) is 18.0 Å². The van der Waals surface area contributed by atoms with Gasteiger partial charge in [0.2, 0.25) is 0 Å². The van der Waals surface area contributed by atoms with Crippen molar-refractivity contribution in [2.24, 2.45) is 5.41 Å². The van der Waals surface area contributed by atoms with Gasteiger partial charge in [-0.3, -0.25) is 0 Å². The third-order valence-electron chi connectivity index (χ3n) is 6.52. The number of tetrazole rings is 1. The van der Waals surface area contributed by atoms with Crippen LogP contribution in [0.15, 0.2) is 29.7 Å². The maximum absolute atomic E-state index is 14.9. The van der Waals surface area contributed by atoms with Gasteiger partial charge in [-0.05, 0) is 68.5 Å². The van der Waals surface area contributed by atoms with Gasteiger partial charge in [0.05, 0.1) is 23.0 Å². The fourth-order valence-corrected chi connectivity index (χ4v) is 4.48. The summed E-state index contributed by atoms with van der Waals surface area (Å²) in [6.45, 7) is 3.78. The van der Waals surface area contributed by atoms with Crippen molar-refractivity contribution in [1.82, 2.24) is 40.8 Å². The minimum atomic E-state index is -0.576. The molecular formula is C21H27FN8O3. The molecule has 1 aliphatic heterocycles. The van der Waals surface area contributed by atoms with Crippen LogP contribution in [-0.2, 0) is 20.9 Å². The number of nitrogens with zero attached hydrogens (tertiary/aromatic N) is 7. The summed E-state index contributed by atoms with van der Waals surface area (Å²) in [5.74, 6) is 0.0407. The Hall–Kier alpha value is -3.28. The van der Waals surface area contributed by atoms with E-state index >= 15 is 0 Å². The van der Waals surface area contributed by atoms with Crippen LogP contribution in [0.1, 0.15) is 51.6 Å². The Labute approximate surface area is 190 Å². The van der Waals surface area contributed by atoms with E-state index in [4.69, 9.17) is 4.74 Å². The molecule has 0 saturated heterocycles. The minimum absolute atomic E-state index is 0.0643. The number of aromatic nitrogens is 6. The maximum Gasteiger partial charge on any atom is 0.336 e. The van der Waals surface area contributed by atoms with E-state index in [1.165, 1.54) is 11.0 Å².